The molecule has 0 bridgehead atoms. The zero-order valence-electron chi connectivity index (χ0n) is 20.7. The first-order valence-corrected chi connectivity index (χ1v) is 11.4. The normalized spacial score (nSPS) is 15.7. The average molecular weight is 472 g/mol. The van der Waals surface area contributed by atoms with Gasteiger partial charge < -0.3 is 32.1 Å². The molecule has 5 atom stereocenters. The van der Waals surface area contributed by atoms with Gasteiger partial charge in [-0.2, -0.15) is 0 Å². The van der Waals surface area contributed by atoms with Crippen molar-refractivity contribution in [3.8, 4) is 0 Å². The average Bonchev–Trinajstić information content (AvgIpc) is 2.73. The Hall–Kier alpha value is -2.69. The summed E-state index contributed by atoms with van der Waals surface area (Å²) in [4.78, 5) is 61.4. The zero-order chi connectivity index (χ0) is 25.9. The van der Waals surface area contributed by atoms with Gasteiger partial charge in [0.25, 0.3) is 0 Å². The van der Waals surface area contributed by atoms with Crippen LogP contribution in [0, 0.1) is 17.8 Å². The monoisotopic (exact) mass is 471 g/mol. The number of hydrogen-bond acceptors (Lipinski definition) is 6. The molecule has 0 aromatic rings. The molecule has 0 aromatic heterocycles. The first-order valence-electron chi connectivity index (χ1n) is 11.4. The number of rotatable bonds is 14. The first-order chi connectivity index (χ1) is 15.2. The number of nitrogens with two attached hydrogens (primary N) is 1. The molecule has 190 valence electrons. The van der Waals surface area contributed by atoms with Gasteiger partial charge in [-0.25, -0.2) is 4.79 Å². The summed E-state index contributed by atoms with van der Waals surface area (Å²) in [7, 11) is 0. The molecule has 7 N–H and O–H groups in total. The minimum absolute atomic E-state index is 0.0338. The number of carbonyl (C=O) groups is 5. The van der Waals surface area contributed by atoms with E-state index < -0.39 is 53.8 Å². The Morgan fingerprint density at radius 2 is 1.33 bits per heavy atom. The third kappa shape index (κ3) is 10.6. The molecule has 0 aliphatic rings. The lowest BCUT2D eigenvalue weighted by Crippen LogP contribution is -2.59. The summed E-state index contributed by atoms with van der Waals surface area (Å²) in [6.07, 6.45) is 0.838. The van der Waals surface area contributed by atoms with Crippen LogP contribution in [0.4, 0.5) is 0 Å². The number of aliphatic carboxylic acids is 1. The Bertz CT molecular complexity index is 697. The van der Waals surface area contributed by atoms with Crippen molar-refractivity contribution in [1.29, 1.82) is 0 Å². The van der Waals surface area contributed by atoms with Gasteiger partial charge in [0, 0.05) is 0 Å². The summed E-state index contributed by atoms with van der Waals surface area (Å²) in [5, 5.41) is 19.7. The molecule has 0 aliphatic heterocycles. The molecule has 4 amide bonds. The fourth-order valence-corrected chi connectivity index (χ4v) is 3.08. The van der Waals surface area contributed by atoms with Crippen LogP contribution in [0.1, 0.15) is 61.3 Å². The van der Waals surface area contributed by atoms with Crippen LogP contribution in [0.5, 0.6) is 0 Å². The lowest BCUT2D eigenvalue weighted by Gasteiger charge is -2.28. The zero-order valence-corrected chi connectivity index (χ0v) is 20.7. The van der Waals surface area contributed by atoms with Crippen LogP contribution in [-0.2, 0) is 24.0 Å². The molecule has 0 rings (SSSR count). The Balaban J connectivity index is 5.49. The lowest BCUT2D eigenvalue weighted by molar-refractivity contribution is -0.144. The number of carboxylic acids is 1. The van der Waals surface area contributed by atoms with E-state index in [0.717, 1.165) is 0 Å². The molecule has 0 spiro atoms. The van der Waals surface area contributed by atoms with Gasteiger partial charge in [0.1, 0.15) is 24.2 Å². The maximum absolute atomic E-state index is 13.0. The van der Waals surface area contributed by atoms with Crippen molar-refractivity contribution in [2.75, 3.05) is 6.54 Å². The van der Waals surface area contributed by atoms with Crippen molar-refractivity contribution in [3.63, 3.8) is 0 Å². The molecule has 0 fully saturated rings. The molecule has 11 nitrogen and oxygen atoms in total. The van der Waals surface area contributed by atoms with Gasteiger partial charge in [-0.05, 0) is 31.1 Å². The van der Waals surface area contributed by atoms with Gasteiger partial charge in [0.2, 0.25) is 23.6 Å². The molecular formula is C22H41N5O6. The number of nitrogens with one attached hydrogen (secondary N) is 4. The lowest BCUT2D eigenvalue weighted by atomic mass is 9.97. The van der Waals surface area contributed by atoms with Gasteiger partial charge in [0.05, 0.1) is 6.54 Å². The molecule has 0 saturated heterocycles. The highest BCUT2D eigenvalue weighted by Crippen LogP contribution is 2.12. The second-order valence-corrected chi connectivity index (χ2v) is 9.12. The summed E-state index contributed by atoms with van der Waals surface area (Å²) in [5.74, 6) is -3.98. The fourth-order valence-electron chi connectivity index (χ4n) is 3.08. The predicted octanol–water partition coefficient (Wildman–Crippen LogP) is -0.263. The summed E-state index contributed by atoms with van der Waals surface area (Å²) in [6, 6.07) is -3.93. The Labute approximate surface area is 196 Å². The molecule has 0 radical (unpaired) electrons. The topological polar surface area (TPSA) is 180 Å². The van der Waals surface area contributed by atoms with Crippen molar-refractivity contribution >= 4 is 29.6 Å². The number of hydrogen-bond donors (Lipinski definition) is 6. The first kappa shape index (κ1) is 30.3. The Morgan fingerprint density at radius 3 is 1.76 bits per heavy atom. The number of amides is 4. The SMILES string of the molecule is CC[C@H](C)[C@H](NC(=O)[C@H](CC(C)C)NC(=O)[C@H](NC(=O)[C@H](C)NC(=O)CN)C(C)C)C(=O)O. The smallest absolute Gasteiger partial charge is 0.326 e. The minimum Gasteiger partial charge on any atom is -0.480 e. The Kier molecular flexibility index (Phi) is 13.3. The highest BCUT2D eigenvalue weighted by atomic mass is 16.4. The van der Waals surface area contributed by atoms with E-state index in [-0.39, 0.29) is 30.7 Å². The number of carboxylic acid groups (broad SMARTS) is 1. The molecule has 0 heterocycles. The van der Waals surface area contributed by atoms with Crippen LogP contribution in [-0.4, -0.2) is 65.4 Å². The van der Waals surface area contributed by atoms with Crippen LogP contribution in [0.2, 0.25) is 0 Å². The van der Waals surface area contributed by atoms with Crippen LogP contribution in [0.25, 0.3) is 0 Å². The van der Waals surface area contributed by atoms with Crippen molar-refractivity contribution < 1.29 is 29.1 Å². The molecule has 11 heteroatoms. The van der Waals surface area contributed by atoms with Gasteiger partial charge in [-0.1, -0.05) is 48.0 Å². The summed E-state index contributed by atoms with van der Waals surface area (Å²) < 4.78 is 0. The van der Waals surface area contributed by atoms with Crippen molar-refractivity contribution in [3.05, 3.63) is 0 Å². The summed E-state index contributed by atoms with van der Waals surface area (Å²) >= 11 is 0. The third-order valence-corrected chi connectivity index (χ3v) is 5.32. The highest BCUT2D eigenvalue weighted by Gasteiger charge is 2.33. The maximum Gasteiger partial charge on any atom is 0.326 e. The van der Waals surface area contributed by atoms with E-state index in [1.165, 1.54) is 6.92 Å². The molecule has 0 saturated carbocycles. The van der Waals surface area contributed by atoms with E-state index in [9.17, 15) is 29.1 Å². The van der Waals surface area contributed by atoms with Crippen molar-refractivity contribution in [2.24, 2.45) is 23.5 Å². The minimum atomic E-state index is -1.15. The van der Waals surface area contributed by atoms with E-state index in [2.05, 4.69) is 21.3 Å². The highest BCUT2D eigenvalue weighted by molar-refractivity contribution is 5.95. The van der Waals surface area contributed by atoms with Gasteiger partial charge in [0.15, 0.2) is 0 Å². The van der Waals surface area contributed by atoms with Crippen molar-refractivity contribution in [2.45, 2.75) is 85.5 Å². The van der Waals surface area contributed by atoms with E-state index in [4.69, 9.17) is 5.73 Å². The third-order valence-electron chi connectivity index (χ3n) is 5.32. The second-order valence-electron chi connectivity index (χ2n) is 9.12. The Morgan fingerprint density at radius 1 is 0.788 bits per heavy atom. The van der Waals surface area contributed by atoms with Gasteiger partial charge in [-0.15, -0.1) is 0 Å². The molecular weight excluding hydrogens is 430 g/mol. The van der Waals surface area contributed by atoms with E-state index in [0.29, 0.717) is 6.42 Å². The van der Waals surface area contributed by atoms with E-state index >= 15 is 0 Å². The largest absolute Gasteiger partial charge is 0.480 e. The van der Waals surface area contributed by atoms with E-state index in [1.807, 2.05) is 20.8 Å². The van der Waals surface area contributed by atoms with Crippen LogP contribution in [0.15, 0.2) is 0 Å². The van der Waals surface area contributed by atoms with Crippen LogP contribution in [0.3, 0.4) is 0 Å². The summed E-state index contributed by atoms with van der Waals surface area (Å²) in [6.45, 7) is 12.0. The van der Waals surface area contributed by atoms with E-state index in [1.54, 1.807) is 20.8 Å². The fraction of sp³-hybridized carbons (Fsp3) is 0.773. The maximum atomic E-state index is 13.0. The van der Waals surface area contributed by atoms with Crippen LogP contribution < -0.4 is 27.0 Å². The number of carbonyl (C=O) groups excluding carboxylic acids is 4. The standard InChI is InChI=1S/C22H41N5O6/c1-8-13(6)18(22(32)33)27-20(30)15(9-11(2)3)25-21(31)17(12(4)5)26-19(29)14(7)24-16(28)10-23/h11-15,17-18H,8-10,23H2,1-7H3,(H,24,28)(H,25,31)(H,26,29)(H,27,30)(H,32,33)/t13-,14-,15-,17+,18-/m0/s1. The van der Waals surface area contributed by atoms with Gasteiger partial charge >= 0.3 is 5.97 Å². The van der Waals surface area contributed by atoms with Crippen LogP contribution >= 0.6 is 0 Å². The predicted molar refractivity (Wildman–Crippen MR) is 124 cm³/mol. The quantitative estimate of drug-likeness (QED) is 0.202. The second kappa shape index (κ2) is 14.5. The molecule has 33 heavy (non-hydrogen) atoms. The molecule has 0 aliphatic carbocycles. The van der Waals surface area contributed by atoms with Crippen molar-refractivity contribution in [1.82, 2.24) is 21.3 Å². The molecule has 0 unspecified atom stereocenters. The summed E-state index contributed by atoms with van der Waals surface area (Å²) in [5.41, 5.74) is 5.24. The van der Waals surface area contributed by atoms with Gasteiger partial charge in [-0.3, -0.25) is 19.2 Å². The molecule has 0 aromatic carbocycles.